The number of likely N-dealkylation sites (tertiary alicyclic amines) is 1. The zero-order valence-corrected chi connectivity index (χ0v) is 16.2. The van der Waals surface area contributed by atoms with Gasteiger partial charge in [0.15, 0.2) is 11.5 Å². The molecule has 6 nitrogen and oxygen atoms in total. The number of ether oxygens (including phenoxy) is 2. The first-order valence-corrected chi connectivity index (χ1v) is 9.25. The number of amides is 1. The van der Waals surface area contributed by atoms with Gasteiger partial charge in [-0.05, 0) is 40.0 Å². The van der Waals surface area contributed by atoms with Crippen LogP contribution in [0.15, 0.2) is 16.6 Å². The van der Waals surface area contributed by atoms with Gasteiger partial charge in [-0.25, -0.2) is 0 Å². The summed E-state index contributed by atoms with van der Waals surface area (Å²) >= 11 is 3.51. The van der Waals surface area contributed by atoms with Crippen molar-refractivity contribution in [3.8, 4) is 11.5 Å². The van der Waals surface area contributed by atoms with E-state index >= 15 is 0 Å². The lowest BCUT2D eigenvalue weighted by molar-refractivity contribution is -0.141. The number of unbranched alkanes of at least 4 members (excludes halogenated alkanes) is 2. The van der Waals surface area contributed by atoms with Crippen LogP contribution in [0, 0.1) is 5.92 Å². The van der Waals surface area contributed by atoms with Crippen molar-refractivity contribution in [1.29, 1.82) is 0 Å². The normalized spacial score (nSPS) is 17.0. The van der Waals surface area contributed by atoms with E-state index in [-0.39, 0.29) is 18.9 Å². The van der Waals surface area contributed by atoms with Crippen molar-refractivity contribution < 1.29 is 24.2 Å². The van der Waals surface area contributed by atoms with Gasteiger partial charge in [0.25, 0.3) is 0 Å². The van der Waals surface area contributed by atoms with E-state index in [1.807, 2.05) is 12.1 Å². The number of carboxylic acids is 1. The average Bonchev–Trinajstić information content (AvgIpc) is 2.94. The molecular weight excluding hydrogens is 390 g/mol. The number of rotatable bonds is 9. The zero-order chi connectivity index (χ0) is 18.4. The number of aliphatic carboxylic acids is 1. The van der Waals surface area contributed by atoms with E-state index in [4.69, 9.17) is 14.6 Å². The van der Waals surface area contributed by atoms with Crippen LogP contribution >= 0.6 is 15.9 Å². The molecule has 0 aliphatic carbocycles. The predicted molar refractivity (Wildman–Crippen MR) is 96.9 cm³/mol. The first kappa shape index (κ1) is 19.6. The van der Waals surface area contributed by atoms with E-state index in [9.17, 15) is 9.59 Å². The number of benzene rings is 1. The summed E-state index contributed by atoms with van der Waals surface area (Å²) in [4.78, 5) is 24.6. The van der Waals surface area contributed by atoms with Crippen molar-refractivity contribution in [3.63, 3.8) is 0 Å². The Labute approximate surface area is 156 Å². The summed E-state index contributed by atoms with van der Waals surface area (Å²) in [5, 5.41) is 9.08. The van der Waals surface area contributed by atoms with Crippen LogP contribution in [0.5, 0.6) is 11.5 Å². The minimum Gasteiger partial charge on any atom is -0.493 e. The first-order valence-electron chi connectivity index (χ1n) is 8.46. The zero-order valence-electron chi connectivity index (χ0n) is 14.6. The van der Waals surface area contributed by atoms with Crippen molar-refractivity contribution in [2.24, 2.45) is 5.92 Å². The van der Waals surface area contributed by atoms with Gasteiger partial charge in [0.05, 0.1) is 24.1 Å². The van der Waals surface area contributed by atoms with E-state index in [2.05, 4.69) is 22.9 Å². The number of nitrogens with zero attached hydrogens (tertiary/aromatic N) is 1. The Hall–Kier alpha value is -1.76. The fraction of sp³-hybridized carbons (Fsp3) is 0.556. The van der Waals surface area contributed by atoms with E-state index in [0.717, 1.165) is 29.3 Å². The van der Waals surface area contributed by atoms with Crippen molar-refractivity contribution >= 4 is 27.8 Å². The van der Waals surface area contributed by atoms with Crippen LogP contribution in [0.4, 0.5) is 0 Å². The molecule has 0 saturated carbocycles. The quantitative estimate of drug-likeness (QED) is 0.627. The highest BCUT2D eigenvalue weighted by atomic mass is 79.9. The monoisotopic (exact) mass is 413 g/mol. The number of halogens is 1. The molecule has 1 aromatic rings. The number of carboxylic acid groups (broad SMARTS) is 1. The summed E-state index contributed by atoms with van der Waals surface area (Å²) in [5.41, 5.74) is 0.865. The van der Waals surface area contributed by atoms with Crippen molar-refractivity contribution in [3.05, 3.63) is 22.2 Å². The Balaban J connectivity index is 2.08. The highest BCUT2D eigenvalue weighted by molar-refractivity contribution is 9.10. The second kappa shape index (κ2) is 9.08. The van der Waals surface area contributed by atoms with Crippen LogP contribution in [-0.2, 0) is 16.1 Å². The van der Waals surface area contributed by atoms with Crippen LogP contribution in [0.1, 0.15) is 38.2 Å². The Morgan fingerprint density at radius 3 is 2.76 bits per heavy atom. The van der Waals surface area contributed by atoms with Crippen LogP contribution in [0.25, 0.3) is 0 Å². The SMILES string of the molecule is CCCCCOc1c(Br)cc(CN2C[C@H](C(=O)O)CC2=O)cc1OC. The third-order valence-corrected chi connectivity index (χ3v) is 4.81. The highest BCUT2D eigenvalue weighted by Crippen LogP contribution is 2.37. The van der Waals surface area contributed by atoms with Gasteiger partial charge in [0.2, 0.25) is 5.91 Å². The molecule has 1 amide bonds. The van der Waals surface area contributed by atoms with Crippen molar-refractivity contribution in [1.82, 2.24) is 4.90 Å². The maximum absolute atomic E-state index is 12.0. The fourth-order valence-electron chi connectivity index (χ4n) is 2.84. The number of carbonyl (C=O) groups is 2. The van der Waals surface area contributed by atoms with Crippen LogP contribution in [-0.4, -0.2) is 42.1 Å². The number of hydrogen-bond acceptors (Lipinski definition) is 4. The topological polar surface area (TPSA) is 76.1 Å². The lowest BCUT2D eigenvalue weighted by Crippen LogP contribution is -2.25. The second-order valence-corrected chi connectivity index (χ2v) is 7.03. The minimum absolute atomic E-state index is 0.0618. The third kappa shape index (κ3) is 5.11. The average molecular weight is 414 g/mol. The summed E-state index contributed by atoms with van der Waals surface area (Å²) in [5.74, 6) is -0.437. The molecule has 25 heavy (non-hydrogen) atoms. The van der Waals surface area contributed by atoms with Crippen LogP contribution in [0.3, 0.4) is 0 Å². The molecule has 0 radical (unpaired) electrons. The Morgan fingerprint density at radius 1 is 1.40 bits per heavy atom. The Bertz CT molecular complexity index is 634. The smallest absolute Gasteiger partial charge is 0.308 e. The van der Waals surface area contributed by atoms with Gasteiger partial charge in [-0.1, -0.05) is 19.8 Å². The maximum atomic E-state index is 12.0. The molecule has 0 bridgehead atoms. The van der Waals surface area contributed by atoms with Gasteiger partial charge in [-0.15, -0.1) is 0 Å². The van der Waals surface area contributed by atoms with Gasteiger partial charge >= 0.3 is 5.97 Å². The Kier molecular flexibility index (Phi) is 7.11. The van der Waals surface area contributed by atoms with E-state index in [1.165, 1.54) is 0 Å². The lowest BCUT2D eigenvalue weighted by Gasteiger charge is -2.19. The maximum Gasteiger partial charge on any atom is 0.308 e. The lowest BCUT2D eigenvalue weighted by atomic mass is 10.1. The fourth-order valence-corrected chi connectivity index (χ4v) is 3.45. The third-order valence-electron chi connectivity index (χ3n) is 4.22. The molecule has 1 N–H and O–H groups in total. The molecule has 1 heterocycles. The van der Waals surface area contributed by atoms with Gasteiger partial charge in [0.1, 0.15) is 0 Å². The molecule has 1 aromatic carbocycles. The predicted octanol–water partition coefficient (Wildman–Crippen LogP) is 3.46. The molecule has 1 saturated heterocycles. The summed E-state index contributed by atoms with van der Waals surface area (Å²) in [6.07, 6.45) is 3.28. The van der Waals surface area contributed by atoms with Crippen molar-refractivity contribution in [2.75, 3.05) is 20.3 Å². The summed E-state index contributed by atoms with van der Waals surface area (Å²) < 4.78 is 12.0. The number of methoxy groups -OCH3 is 1. The molecule has 1 atom stereocenters. The van der Waals surface area contributed by atoms with Crippen molar-refractivity contribution in [2.45, 2.75) is 39.2 Å². The molecule has 0 unspecified atom stereocenters. The van der Waals surface area contributed by atoms with Crippen LogP contribution < -0.4 is 9.47 Å². The van der Waals surface area contributed by atoms with E-state index in [1.54, 1.807) is 12.0 Å². The van der Waals surface area contributed by atoms with Crippen LogP contribution in [0.2, 0.25) is 0 Å². The van der Waals surface area contributed by atoms with Gasteiger partial charge in [0, 0.05) is 19.5 Å². The molecule has 0 spiro atoms. The molecule has 2 rings (SSSR count). The van der Waals surface area contributed by atoms with Gasteiger partial charge < -0.3 is 19.5 Å². The Morgan fingerprint density at radius 2 is 2.16 bits per heavy atom. The minimum atomic E-state index is -0.926. The molecule has 7 heteroatoms. The number of carbonyl (C=O) groups excluding carboxylic acids is 1. The molecule has 1 aliphatic heterocycles. The first-order chi connectivity index (χ1) is 12.0. The summed E-state index contributed by atoms with van der Waals surface area (Å²) in [6.45, 7) is 3.35. The number of hydrogen-bond donors (Lipinski definition) is 1. The molecule has 0 aromatic heterocycles. The second-order valence-electron chi connectivity index (χ2n) is 6.18. The standard InChI is InChI=1S/C18H24BrNO5/c1-3-4-5-6-25-17-14(19)7-12(8-15(17)24-2)10-20-11-13(18(22)23)9-16(20)21/h7-8,13H,3-6,9-11H2,1-2H3,(H,22,23)/t13-/m1/s1. The highest BCUT2D eigenvalue weighted by Gasteiger charge is 2.34. The molecule has 138 valence electrons. The van der Waals surface area contributed by atoms with E-state index < -0.39 is 11.9 Å². The largest absolute Gasteiger partial charge is 0.493 e. The van der Waals surface area contributed by atoms with Gasteiger partial charge in [-0.3, -0.25) is 9.59 Å². The summed E-state index contributed by atoms with van der Waals surface area (Å²) in [7, 11) is 1.58. The van der Waals surface area contributed by atoms with E-state index in [0.29, 0.717) is 24.7 Å². The summed E-state index contributed by atoms with van der Waals surface area (Å²) in [6, 6.07) is 3.72. The molecule has 1 aliphatic rings. The molecule has 1 fully saturated rings. The van der Waals surface area contributed by atoms with Gasteiger partial charge in [-0.2, -0.15) is 0 Å². The molecular formula is C18H24BrNO5.